The summed E-state index contributed by atoms with van der Waals surface area (Å²) in [7, 11) is 1.42. The highest BCUT2D eigenvalue weighted by molar-refractivity contribution is 4.89. The van der Waals surface area contributed by atoms with E-state index in [0.29, 0.717) is 6.61 Å². The van der Waals surface area contributed by atoms with Crippen LogP contribution in [0.4, 0.5) is 0 Å². The number of methoxy groups -OCH3 is 1. The van der Waals surface area contributed by atoms with Crippen LogP contribution in [0.5, 0.6) is 0 Å². The Hall–Kier alpha value is -0.240. The van der Waals surface area contributed by atoms with Gasteiger partial charge in [0.15, 0.2) is 6.29 Å². The fourth-order valence-electron chi connectivity index (χ4n) is 4.33. The third-order valence-corrected chi connectivity index (χ3v) is 6.37. The molecule has 1 saturated heterocycles. The average Bonchev–Trinajstić information content (AvgIpc) is 2.78. The van der Waals surface area contributed by atoms with Gasteiger partial charge < -0.3 is 29.5 Å². The van der Waals surface area contributed by atoms with Crippen molar-refractivity contribution in [1.82, 2.24) is 0 Å². The van der Waals surface area contributed by atoms with Gasteiger partial charge in [0.1, 0.15) is 24.4 Å². The van der Waals surface area contributed by atoms with Crippen LogP contribution in [0.1, 0.15) is 110 Å². The van der Waals surface area contributed by atoms with Gasteiger partial charge >= 0.3 is 0 Å². The highest BCUT2D eigenvalue weighted by Crippen LogP contribution is 2.24. The zero-order valence-electron chi connectivity index (χ0n) is 20.2. The van der Waals surface area contributed by atoms with Gasteiger partial charge in [0.25, 0.3) is 0 Å². The molecule has 6 nitrogen and oxygen atoms in total. The molecular formula is C25H50O6. The van der Waals surface area contributed by atoms with Crippen LogP contribution < -0.4 is 0 Å². The topological polar surface area (TPSA) is 88.4 Å². The summed E-state index contributed by atoms with van der Waals surface area (Å²) in [5, 5.41) is 29.6. The lowest BCUT2D eigenvalue weighted by molar-refractivity contribution is -0.304. The number of aliphatic hydroxyl groups is 3. The molecule has 1 fully saturated rings. The first-order chi connectivity index (χ1) is 15.2. The Labute approximate surface area is 190 Å². The van der Waals surface area contributed by atoms with E-state index >= 15 is 0 Å². The summed E-state index contributed by atoms with van der Waals surface area (Å²) >= 11 is 0. The molecule has 0 amide bonds. The molecular weight excluding hydrogens is 396 g/mol. The standard InChI is InChI=1S/C25H50O6/c1-3-4-5-6-7-8-9-10-11-12-13-14-15-16-17-18-19-30-25-23(28)22(27)24(29-2)21(20-26)31-25/h21-28H,3-20H2,1-2H3. The smallest absolute Gasteiger partial charge is 0.186 e. The molecule has 0 saturated carbocycles. The molecule has 0 spiro atoms. The van der Waals surface area contributed by atoms with Gasteiger partial charge in [0.2, 0.25) is 0 Å². The van der Waals surface area contributed by atoms with Crippen LogP contribution in [-0.2, 0) is 14.2 Å². The summed E-state index contributed by atoms with van der Waals surface area (Å²) < 4.78 is 16.3. The lowest BCUT2D eigenvalue weighted by Gasteiger charge is -2.41. The van der Waals surface area contributed by atoms with Crippen LogP contribution in [0, 0.1) is 0 Å². The van der Waals surface area contributed by atoms with Gasteiger partial charge in [-0.25, -0.2) is 0 Å². The number of hydrogen-bond acceptors (Lipinski definition) is 6. The van der Waals surface area contributed by atoms with E-state index in [1.807, 2.05) is 0 Å². The van der Waals surface area contributed by atoms with E-state index in [9.17, 15) is 15.3 Å². The van der Waals surface area contributed by atoms with Gasteiger partial charge in [-0.2, -0.15) is 0 Å². The van der Waals surface area contributed by atoms with Gasteiger partial charge in [-0.05, 0) is 6.42 Å². The van der Waals surface area contributed by atoms with Gasteiger partial charge in [-0.3, -0.25) is 0 Å². The second-order valence-electron chi connectivity index (χ2n) is 9.08. The minimum Gasteiger partial charge on any atom is -0.394 e. The Morgan fingerprint density at radius 1 is 0.677 bits per heavy atom. The second-order valence-corrected chi connectivity index (χ2v) is 9.08. The molecule has 1 aliphatic heterocycles. The summed E-state index contributed by atoms with van der Waals surface area (Å²) in [5.41, 5.74) is 0. The molecule has 1 heterocycles. The summed E-state index contributed by atoms with van der Waals surface area (Å²) in [4.78, 5) is 0. The fourth-order valence-corrected chi connectivity index (χ4v) is 4.33. The molecule has 3 N–H and O–H groups in total. The molecule has 1 rings (SSSR count). The van der Waals surface area contributed by atoms with Crippen LogP contribution in [0.3, 0.4) is 0 Å². The van der Waals surface area contributed by atoms with Crippen molar-refractivity contribution >= 4 is 0 Å². The normalized spacial score (nSPS) is 26.4. The highest BCUT2D eigenvalue weighted by Gasteiger charge is 2.45. The fraction of sp³-hybridized carbons (Fsp3) is 1.00. The van der Waals surface area contributed by atoms with Crippen LogP contribution in [-0.4, -0.2) is 66.3 Å². The first-order valence-electron chi connectivity index (χ1n) is 12.9. The van der Waals surface area contributed by atoms with Crippen molar-refractivity contribution in [2.24, 2.45) is 0 Å². The van der Waals surface area contributed by atoms with Crippen molar-refractivity contribution in [3.05, 3.63) is 0 Å². The Morgan fingerprint density at radius 3 is 1.55 bits per heavy atom. The molecule has 6 heteroatoms. The number of ether oxygens (including phenoxy) is 3. The highest BCUT2D eigenvalue weighted by atomic mass is 16.7. The minimum atomic E-state index is -1.17. The van der Waals surface area contributed by atoms with Crippen molar-refractivity contribution in [2.75, 3.05) is 20.3 Å². The molecule has 0 aliphatic carbocycles. The first-order valence-corrected chi connectivity index (χ1v) is 12.9. The third-order valence-electron chi connectivity index (χ3n) is 6.37. The van der Waals surface area contributed by atoms with Crippen molar-refractivity contribution < 1.29 is 29.5 Å². The van der Waals surface area contributed by atoms with E-state index in [0.717, 1.165) is 12.8 Å². The quantitative estimate of drug-likeness (QED) is 0.235. The predicted octanol–water partition coefficient (Wildman–Crippen LogP) is 4.72. The minimum absolute atomic E-state index is 0.290. The van der Waals surface area contributed by atoms with Crippen LogP contribution in [0.15, 0.2) is 0 Å². The molecule has 0 aromatic heterocycles. The third kappa shape index (κ3) is 12.5. The number of rotatable bonds is 20. The largest absolute Gasteiger partial charge is 0.394 e. The second kappa shape index (κ2) is 19.2. The maximum Gasteiger partial charge on any atom is 0.186 e. The number of unbranched alkanes of at least 4 members (excludes halogenated alkanes) is 15. The summed E-state index contributed by atoms with van der Waals surface area (Å²) in [6, 6.07) is 0. The van der Waals surface area contributed by atoms with Gasteiger partial charge in [0, 0.05) is 13.7 Å². The maximum absolute atomic E-state index is 10.1. The monoisotopic (exact) mass is 446 g/mol. The van der Waals surface area contributed by atoms with E-state index in [1.54, 1.807) is 0 Å². The summed E-state index contributed by atoms with van der Waals surface area (Å²) in [5.74, 6) is 0. The molecule has 0 aromatic carbocycles. The number of aliphatic hydroxyl groups excluding tert-OH is 3. The summed E-state index contributed by atoms with van der Waals surface area (Å²) in [6.45, 7) is 2.46. The zero-order chi connectivity index (χ0) is 22.7. The van der Waals surface area contributed by atoms with Crippen molar-refractivity contribution in [3.63, 3.8) is 0 Å². The van der Waals surface area contributed by atoms with E-state index < -0.39 is 30.7 Å². The molecule has 1 aliphatic rings. The van der Waals surface area contributed by atoms with Gasteiger partial charge in [-0.15, -0.1) is 0 Å². The average molecular weight is 447 g/mol. The SMILES string of the molecule is CCCCCCCCCCCCCCCCCCOC1OC(CO)C(OC)C(O)C1O. The van der Waals surface area contributed by atoms with E-state index in [4.69, 9.17) is 14.2 Å². The van der Waals surface area contributed by atoms with E-state index in [-0.39, 0.29) is 6.61 Å². The lowest BCUT2D eigenvalue weighted by atomic mass is 9.99. The Balaban J connectivity index is 1.89. The Kier molecular flexibility index (Phi) is 17.9. The zero-order valence-corrected chi connectivity index (χ0v) is 20.2. The predicted molar refractivity (Wildman–Crippen MR) is 124 cm³/mol. The van der Waals surface area contributed by atoms with Gasteiger partial charge in [-0.1, -0.05) is 103 Å². The maximum atomic E-state index is 10.1. The van der Waals surface area contributed by atoms with Crippen LogP contribution >= 0.6 is 0 Å². The molecule has 31 heavy (non-hydrogen) atoms. The molecule has 0 aromatic rings. The Morgan fingerprint density at radius 2 is 1.13 bits per heavy atom. The number of hydrogen-bond donors (Lipinski definition) is 3. The van der Waals surface area contributed by atoms with Crippen LogP contribution in [0.2, 0.25) is 0 Å². The Bertz CT molecular complexity index is 392. The molecule has 0 radical (unpaired) electrons. The van der Waals surface area contributed by atoms with Crippen LogP contribution in [0.25, 0.3) is 0 Å². The lowest BCUT2D eigenvalue weighted by Crippen LogP contribution is -2.59. The van der Waals surface area contributed by atoms with Crippen molar-refractivity contribution in [2.45, 2.75) is 140 Å². The first kappa shape index (κ1) is 28.8. The van der Waals surface area contributed by atoms with Gasteiger partial charge in [0.05, 0.1) is 6.61 Å². The van der Waals surface area contributed by atoms with Crippen molar-refractivity contribution in [3.8, 4) is 0 Å². The van der Waals surface area contributed by atoms with E-state index in [1.165, 1.54) is 97.0 Å². The summed E-state index contributed by atoms with van der Waals surface area (Å²) in [6.07, 6.45) is 16.4. The molecule has 0 bridgehead atoms. The molecule has 186 valence electrons. The molecule has 5 unspecified atom stereocenters. The molecule has 5 atom stereocenters. The van der Waals surface area contributed by atoms with E-state index in [2.05, 4.69) is 6.92 Å². The van der Waals surface area contributed by atoms with Crippen molar-refractivity contribution in [1.29, 1.82) is 0 Å².